The fourth-order valence-electron chi connectivity index (χ4n) is 3.18. The van der Waals surface area contributed by atoms with Gasteiger partial charge in [0, 0.05) is 11.9 Å². The highest BCUT2D eigenvalue weighted by Gasteiger charge is 2.39. The Bertz CT molecular complexity index is 406. The molecular formula is C16H23BrO. The Kier molecular flexibility index (Phi) is 4.18. The Hall–Kier alpha value is -0.340. The maximum absolute atomic E-state index is 5.74. The lowest BCUT2D eigenvalue weighted by molar-refractivity contribution is -0.0773. The van der Waals surface area contributed by atoms with Crippen molar-refractivity contribution in [2.45, 2.75) is 56.9 Å². The lowest BCUT2D eigenvalue weighted by Crippen LogP contribution is -2.40. The SMILES string of the molecule is COC1(CC(Br)c2c(C)cc(C)cc2C)CCC1. The summed E-state index contributed by atoms with van der Waals surface area (Å²) in [6.07, 6.45) is 4.79. The molecule has 0 heterocycles. The molecule has 0 amide bonds. The number of aryl methyl sites for hydroxylation is 3. The third-order valence-electron chi connectivity index (χ3n) is 4.30. The lowest BCUT2D eigenvalue weighted by atomic mass is 9.75. The topological polar surface area (TPSA) is 9.23 Å². The van der Waals surface area contributed by atoms with Crippen molar-refractivity contribution in [3.8, 4) is 0 Å². The normalized spacial score (nSPS) is 19.4. The first-order valence-corrected chi connectivity index (χ1v) is 7.66. The largest absolute Gasteiger partial charge is 0.378 e. The van der Waals surface area contributed by atoms with Crippen molar-refractivity contribution < 1.29 is 4.74 Å². The van der Waals surface area contributed by atoms with E-state index >= 15 is 0 Å². The van der Waals surface area contributed by atoms with E-state index in [1.165, 1.54) is 41.5 Å². The average Bonchev–Trinajstić information content (AvgIpc) is 2.21. The predicted molar refractivity (Wildman–Crippen MR) is 80.5 cm³/mol. The van der Waals surface area contributed by atoms with Gasteiger partial charge in [-0.1, -0.05) is 33.6 Å². The molecule has 1 aromatic carbocycles. The van der Waals surface area contributed by atoms with E-state index in [0.717, 1.165) is 6.42 Å². The number of hydrogen-bond donors (Lipinski definition) is 0. The third kappa shape index (κ3) is 2.65. The first-order valence-electron chi connectivity index (χ1n) is 6.74. The highest BCUT2D eigenvalue weighted by atomic mass is 79.9. The van der Waals surface area contributed by atoms with Crippen LogP contribution in [0.5, 0.6) is 0 Å². The van der Waals surface area contributed by atoms with Crippen molar-refractivity contribution in [3.63, 3.8) is 0 Å². The second-order valence-corrected chi connectivity index (χ2v) is 6.83. The molecule has 0 bridgehead atoms. The van der Waals surface area contributed by atoms with Gasteiger partial charge in [0.2, 0.25) is 0 Å². The molecule has 1 atom stereocenters. The first-order chi connectivity index (χ1) is 8.47. The molecule has 2 heteroatoms. The molecular weight excluding hydrogens is 288 g/mol. The Morgan fingerprint density at radius 2 is 1.78 bits per heavy atom. The smallest absolute Gasteiger partial charge is 0.0692 e. The lowest BCUT2D eigenvalue weighted by Gasteiger charge is -2.42. The number of methoxy groups -OCH3 is 1. The average molecular weight is 311 g/mol. The summed E-state index contributed by atoms with van der Waals surface area (Å²) in [5.74, 6) is 0. The van der Waals surface area contributed by atoms with Gasteiger partial charge in [-0.05, 0) is 63.1 Å². The number of alkyl halides is 1. The Labute approximate surface area is 119 Å². The van der Waals surface area contributed by atoms with Gasteiger partial charge in [-0.2, -0.15) is 0 Å². The zero-order valence-corrected chi connectivity index (χ0v) is 13.4. The van der Waals surface area contributed by atoms with Crippen molar-refractivity contribution in [3.05, 3.63) is 34.4 Å². The van der Waals surface area contributed by atoms with E-state index in [1.807, 2.05) is 7.11 Å². The van der Waals surface area contributed by atoms with Crippen LogP contribution in [0, 0.1) is 20.8 Å². The molecule has 1 saturated carbocycles. The summed E-state index contributed by atoms with van der Waals surface area (Å²) >= 11 is 3.88. The fraction of sp³-hybridized carbons (Fsp3) is 0.625. The van der Waals surface area contributed by atoms with E-state index < -0.39 is 0 Å². The zero-order valence-electron chi connectivity index (χ0n) is 11.8. The quantitative estimate of drug-likeness (QED) is 0.710. The van der Waals surface area contributed by atoms with Crippen LogP contribution in [0.15, 0.2) is 12.1 Å². The van der Waals surface area contributed by atoms with Crippen molar-refractivity contribution >= 4 is 15.9 Å². The summed E-state index contributed by atoms with van der Waals surface area (Å²) in [7, 11) is 1.85. The van der Waals surface area contributed by atoms with Gasteiger partial charge in [-0.25, -0.2) is 0 Å². The number of hydrogen-bond acceptors (Lipinski definition) is 1. The predicted octanol–water partition coefficient (Wildman–Crippen LogP) is 5.01. The first kappa shape index (κ1) is 14.1. The van der Waals surface area contributed by atoms with Crippen molar-refractivity contribution in [2.75, 3.05) is 7.11 Å². The second kappa shape index (κ2) is 5.34. The van der Waals surface area contributed by atoms with Crippen molar-refractivity contribution in [1.29, 1.82) is 0 Å². The Morgan fingerprint density at radius 1 is 1.22 bits per heavy atom. The highest BCUT2D eigenvalue weighted by molar-refractivity contribution is 9.09. The van der Waals surface area contributed by atoms with Gasteiger partial charge in [0.1, 0.15) is 0 Å². The van der Waals surface area contributed by atoms with Crippen LogP contribution in [0.3, 0.4) is 0 Å². The molecule has 1 unspecified atom stereocenters. The van der Waals surface area contributed by atoms with E-state index in [4.69, 9.17) is 4.74 Å². The van der Waals surface area contributed by atoms with Gasteiger partial charge >= 0.3 is 0 Å². The van der Waals surface area contributed by atoms with Gasteiger partial charge in [0.25, 0.3) is 0 Å². The van der Waals surface area contributed by atoms with Crippen molar-refractivity contribution in [1.82, 2.24) is 0 Å². The summed E-state index contributed by atoms with van der Waals surface area (Å²) in [5, 5.41) is 0. The van der Waals surface area contributed by atoms with Crippen LogP contribution < -0.4 is 0 Å². The molecule has 1 aliphatic rings. The molecule has 1 aromatic rings. The number of benzene rings is 1. The Balaban J connectivity index is 2.21. The van der Waals surface area contributed by atoms with Gasteiger partial charge < -0.3 is 4.74 Å². The molecule has 1 nitrogen and oxygen atoms in total. The van der Waals surface area contributed by atoms with Gasteiger partial charge in [0.15, 0.2) is 0 Å². The summed E-state index contributed by atoms with van der Waals surface area (Å²) in [5.41, 5.74) is 5.69. The van der Waals surface area contributed by atoms with Crippen LogP contribution in [-0.2, 0) is 4.74 Å². The molecule has 18 heavy (non-hydrogen) atoms. The summed E-state index contributed by atoms with van der Waals surface area (Å²) in [6, 6.07) is 4.55. The maximum atomic E-state index is 5.74. The zero-order chi connectivity index (χ0) is 13.3. The third-order valence-corrected chi connectivity index (χ3v) is 5.08. The second-order valence-electron chi connectivity index (χ2n) is 5.72. The van der Waals surface area contributed by atoms with Gasteiger partial charge in [-0.15, -0.1) is 0 Å². The van der Waals surface area contributed by atoms with E-state index in [2.05, 4.69) is 48.8 Å². The minimum Gasteiger partial charge on any atom is -0.378 e. The molecule has 0 N–H and O–H groups in total. The minimum absolute atomic E-state index is 0.123. The molecule has 0 spiro atoms. The monoisotopic (exact) mass is 310 g/mol. The van der Waals surface area contributed by atoms with Gasteiger partial charge in [0.05, 0.1) is 5.60 Å². The van der Waals surface area contributed by atoms with Crippen LogP contribution in [0.4, 0.5) is 0 Å². The van der Waals surface area contributed by atoms with Crippen LogP contribution in [0.25, 0.3) is 0 Å². The van der Waals surface area contributed by atoms with E-state index in [9.17, 15) is 0 Å². The molecule has 0 aromatic heterocycles. The van der Waals surface area contributed by atoms with Crippen LogP contribution >= 0.6 is 15.9 Å². The van der Waals surface area contributed by atoms with E-state index in [0.29, 0.717) is 4.83 Å². The number of halogens is 1. The maximum Gasteiger partial charge on any atom is 0.0692 e. The standard InChI is InChI=1S/C16H23BrO/c1-11-8-12(2)15(13(3)9-11)14(17)10-16(18-4)6-5-7-16/h8-9,14H,5-7,10H2,1-4H3. The minimum atomic E-state index is 0.123. The van der Waals surface area contributed by atoms with Crippen molar-refractivity contribution in [2.24, 2.45) is 0 Å². The number of rotatable bonds is 4. The molecule has 1 fully saturated rings. The summed E-state index contributed by atoms with van der Waals surface area (Å²) in [4.78, 5) is 0.401. The highest BCUT2D eigenvalue weighted by Crippen LogP contribution is 2.45. The van der Waals surface area contributed by atoms with E-state index in [-0.39, 0.29) is 5.60 Å². The van der Waals surface area contributed by atoms with E-state index in [1.54, 1.807) is 0 Å². The fourth-order valence-corrected chi connectivity index (χ4v) is 4.49. The molecule has 2 rings (SSSR count). The number of ether oxygens (including phenoxy) is 1. The molecule has 100 valence electrons. The summed E-state index contributed by atoms with van der Waals surface area (Å²) < 4.78 is 5.74. The van der Waals surface area contributed by atoms with Gasteiger partial charge in [-0.3, -0.25) is 0 Å². The van der Waals surface area contributed by atoms with Crippen LogP contribution in [0.1, 0.15) is 52.8 Å². The van der Waals surface area contributed by atoms with Crippen LogP contribution in [-0.4, -0.2) is 12.7 Å². The Morgan fingerprint density at radius 3 is 2.17 bits per heavy atom. The molecule has 0 radical (unpaired) electrons. The molecule has 0 saturated heterocycles. The van der Waals surface area contributed by atoms with Crippen LogP contribution in [0.2, 0.25) is 0 Å². The molecule has 0 aliphatic heterocycles. The molecule has 1 aliphatic carbocycles. The summed E-state index contributed by atoms with van der Waals surface area (Å²) in [6.45, 7) is 6.59.